The fourth-order valence-electron chi connectivity index (χ4n) is 3.43. The van der Waals surface area contributed by atoms with Crippen LogP contribution in [0.3, 0.4) is 0 Å². The Bertz CT molecular complexity index is 954. The first kappa shape index (κ1) is 21.3. The highest BCUT2D eigenvalue weighted by Crippen LogP contribution is 2.41. The number of methoxy groups -OCH3 is 4. The number of nitrogens with one attached hydrogen (secondary N) is 1. The van der Waals surface area contributed by atoms with Gasteiger partial charge in [0.15, 0.2) is 11.5 Å². The molecule has 1 N–H and O–H groups in total. The van der Waals surface area contributed by atoms with Gasteiger partial charge in [0.2, 0.25) is 5.75 Å². The van der Waals surface area contributed by atoms with Crippen LogP contribution in [-0.4, -0.2) is 40.4 Å². The summed E-state index contributed by atoms with van der Waals surface area (Å²) < 4.78 is 21.5. The van der Waals surface area contributed by atoms with E-state index in [4.69, 9.17) is 18.9 Å². The molecule has 1 aliphatic carbocycles. The van der Waals surface area contributed by atoms with Crippen molar-refractivity contribution in [3.8, 4) is 28.4 Å². The highest BCUT2D eigenvalue weighted by molar-refractivity contribution is 5.96. The van der Waals surface area contributed by atoms with Crippen molar-refractivity contribution >= 4 is 5.91 Å². The van der Waals surface area contributed by atoms with Gasteiger partial charge in [-0.2, -0.15) is 0 Å². The molecule has 0 fully saturated rings. The van der Waals surface area contributed by atoms with Crippen LogP contribution in [0.15, 0.2) is 60.4 Å². The molecule has 0 radical (unpaired) electrons. The predicted molar refractivity (Wildman–Crippen MR) is 116 cm³/mol. The van der Waals surface area contributed by atoms with Gasteiger partial charge in [0.05, 0.1) is 34.5 Å². The number of carbonyl (C=O) groups is 1. The van der Waals surface area contributed by atoms with Crippen molar-refractivity contribution in [3.63, 3.8) is 0 Å². The van der Waals surface area contributed by atoms with Crippen molar-refractivity contribution in [1.82, 2.24) is 5.32 Å². The average Bonchev–Trinajstić information content (AvgIpc) is 2.79. The van der Waals surface area contributed by atoms with E-state index >= 15 is 0 Å². The summed E-state index contributed by atoms with van der Waals surface area (Å²) in [6.07, 6.45) is 5.82. The third kappa shape index (κ3) is 4.43. The molecule has 2 atom stereocenters. The Labute approximate surface area is 177 Å². The van der Waals surface area contributed by atoms with E-state index in [1.54, 1.807) is 34.5 Å². The highest BCUT2D eigenvalue weighted by Gasteiger charge is 2.20. The van der Waals surface area contributed by atoms with Crippen molar-refractivity contribution in [2.45, 2.75) is 13.0 Å². The summed E-state index contributed by atoms with van der Waals surface area (Å²) in [6.45, 7) is 2.04. The monoisotopic (exact) mass is 409 g/mol. The van der Waals surface area contributed by atoms with Gasteiger partial charge in [-0.15, -0.1) is 0 Å². The average molecular weight is 409 g/mol. The number of ether oxygens (including phenoxy) is 4. The van der Waals surface area contributed by atoms with E-state index < -0.39 is 0 Å². The van der Waals surface area contributed by atoms with Crippen LogP contribution in [0.25, 0.3) is 11.1 Å². The smallest absolute Gasteiger partial charge is 0.251 e. The van der Waals surface area contributed by atoms with Crippen LogP contribution in [0.5, 0.6) is 17.2 Å². The van der Waals surface area contributed by atoms with E-state index in [1.165, 1.54) is 0 Å². The second-order valence-electron chi connectivity index (χ2n) is 6.99. The van der Waals surface area contributed by atoms with Crippen LogP contribution >= 0.6 is 0 Å². The molecule has 0 bridgehead atoms. The second-order valence-corrected chi connectivity index (χ2v) is 6.99. The molecular formula is C24H27NO5. The number of amides is 1. The first-order valence-electron chi connectivity index (χ1n) is 9.66. The van der Waals surface area contributed by atoms with Gasteiger partial charge < -0.3 is 24.3 Å². The summed E-state index contributed by atoms with van der Waals surface area (Å²) in [5, 5.41) is 3.08. The summed E-state index contributed by atoms with van der Waals surface area (Å²) in [5.74, 6) is 2.44. The minimum atomic E-state index is -0.139. The van der Waals surface area contributed by atoms with Crippen LogP contribution in [0.1, 0.15) is 17.3 Å². The maximum Gasteiger partial charge on any atom is 0.251 e. The molecule has 0 aromatic heterocycles. The van der Waals surface area contributed by atoms with Gasteiger partial charge in [0.1, 0.15) is 5.76 Å². The number of benzene rings is 2. The molecule has 30 heavy (non-hydrogen) atoms. The lowest BCUT2D eigenvalue weighted by molar-refractivity contribution is 0.0937. The number of hydrogen-bond acceptors (Lipinski definition) is 5. The van der Waals surface area contributed by atoms with Crippen LogP contribution < -0.4 is 19.5 Å². The molecule has 3 rings (SSSR count). The summed E-state index contributed by atoms with van der Waals surface area (Å²) >= 11 is 0. The van der Waals surface area contributed by atoms with E-state index in [0.717, 1.165) is 16.9 Å². The van der Waals surface area contributed by atoms with E-state index in [9.17, 15) is 4.79 Å². The lowest BCUT2D eigenvalue weighted by Gasteiger charge is -2.23. The number of hydrogen-bond donors (Lipinski definition) is 1. The summed E-state index contributed by atoms with van der Waals surface area (Å²) in [7, 11) is 6.35. The minimum absolute atomic E-state index is 0.0961. The Morgan fingerprint density at radius 3 is 2.17 bits per heavy atom. The molecule has 2 unspecified atom stereocenters. The molecule has 0 saturated carbocycles. The fourth-order valence-corrected chi connectivity index (χ4v) is 3.43. The molecule has 0 aliphatic heterocycles. The van der Waals surface area contributed by atoms with Gasteiger partial charge in [-0.3, -0.25) is 4.79 Å². The third-order valence-corrected chi connectivity index (χ3v) is 5.12. The number of rotatable bonds is 7. The van der Waals surface area contributed by atoms with E-state index in [-0.39, 0.29) is 17.9 Å². The lowest BCUT2D eigenvalue weighted by Crippen LogP contribution is -2.38. The van der Waals surface area contributed by atoms with Gasteiger partial charge in [-0.05, 0) is 47.5 Å². The van der Waals surface area contributed by atoms with Crippen LogP contribution in [0.4, 0.5) is 0 Å². The third-order valence-electron chi connectivity index (χ3n) is 5.12. The van der Waals surface area contributed by atoms with Crippen LogP contribution in [-0.2, 0) is 4.74 Å². The highest BCUT2D eigenvalue weighted by atomic mass is 16.5. The van der Waals surface area contributed by atoms with E-state index in [1.807, 2.05) is 55.5 Å². The minimum Gasteiger partial charge on any atom is -0.497 e. The Hall–Kier alpha value is -3.41. The molecule has 2 aromatic rings. The molecule has 0 heterocycles. The van der Waals surface area contributed by atoms with E-state index in [0.29, 0.717) is 22.8 Å². The topological polar surface area (TPSA) is 66.0 Å². The van der Waals surface area contributed by atoms with Gasteiger partial charge in [-0.1, -0.05) is 25.1 Å². The number of carbonyl (C=O) groups excluding carboxylic acids is 1. The zero-order valence-electron chi connectivity index (χ0n) is 17.9. The summed E-state index contributed by atoms with van der Waals surface area (Å²) in [4.78, 5) is 12.9. The first-order chi connectivity index (χ1) is 14.5. The van der Waals surface area contributed by atoms with Gasteiger partial charge >= 0.3 is 0 Å². The molecule has 1 amide bonds. The van der Waals surface area contributed by atoms with Crippen LogP contribution in [0, 0.1) is 5.92 Å². The normalized spacial score (nSPS) is 17.7. The second kappa shape index (κ2) is 9.39. The Balaban J connectivity index is 1.86. The zero-order chi connectivity index (χ0) is 21.7. The molecule has 2 aromatic carbocycles. The fraction of sp³-hybridized carbons (Fsp3) is 0.292. The molecule has 6 heteroatoms. The molecule has 0 saturated heterocycles. The molecule has 1 aliphatic rings. The van der Waals surface area contributed by atoms with Crippen molar-refractivity contribution in [3.05, 3.63) is 65.9 Å². The standard InChI is InChI=1S/C24H27NO5/c1-15-11-19(27-2)9-10-20(15)25-24(26)17-8-6-7-16(12-17)18-13-21(28-3)23(30-5)22(14-18)29-4/h6-15,20H,1-5H3,(H,25,26). The quantitative estimate of drug-likeness (QED) is 0.742. The van der Waals surface area contributed by atoms with Gasteiger partial charge in [0, 0.05) is 11.5 Å². The first-order valence-corrected chi connectivity index (χ1v) is 9.66. The molecule has 158 valence electrons. The van der Waals surface area contributed by atoms with E-state index in [2.05, 4.69) is 5.32 Å². The van der Waals surface area contributed by atoms with Crippen molar-refractivity contribution in [1.29, 1.82) is 0 Å². The lowest BCUT2D eigenvalue weighted by atomic mass is 9.95. The van der Waals surface area contributed by atoms with Gasteiger partial charge in [0.25, 0.3) is 5.91 Å². The molecule has 6 nitrogen and oxygen atoms in total. The maximum absolute atomic E-state index is 12.9. The maximum atomic E-state index is 12.9. The van der Waals surface area contributed by atoms with Crippen molar-refractivity contribution in [2.24, 2.45) is 5.92 Å². The van der Waals surface area contributed by atoms with Crippen molar-refractivity contribution < 1.29 is 23.7 Å². The predicted octanol–water partition coefficient (Wildman–Crippen LogP) is 4.21. The molecular weight excluding hydrogens is 382 g/mol. The molecule has 0 spiro atoms. The van der Waals surface area contributed by atoms with Crippen LogP contribution in [0.2, 0.25) is 0 Å². The Morgan fingerprint density at radius 1 is 0.900 bits per heavy atom. The van der Waals surface area contributed by atoms with Gasteiger partial charge in [-0.25, -0.2) is 0 Å². The van der Waals surface area contributed by atoms with Crippen molar-refractivity contribution in [2.75, 3.05) is 28.4 Å². The summed E-state index contributed by atoms with van der Waals surface area (Å²) in [6, 6.07) is 11.1. The number of allylic oxidation sites excluding steroid dienone is 1. The largest absolute Gasteiger partial charge is 0.497 e. The SMILES string of the molecule is COC1=CC(C)C(NC(=O)c2cccc(-c3cc(OC)c(OC)c(OC)c3)c2)C=C1. The zero-order valence-corrected chi connectivity index (χ0v) is 17.9. The Morgan fingerprint density at radius 2 is 1.60 bits per heavy atom. The Kier molecular flexibility index (Phi) is 6.67. The summed E-state index contributed by atoms with van der Waals surface area (Å²) in [5.41, 5.74) is 2.30.